The maximum Gasteiger partial charge on any atom is 0.243 e. The minimum absolute atomic E-state index is 0. The van der Waals surface area contributed by atoms with Crippen molar-refractivity contribution in [2.75, 3.05) is 20.6 Å². The van der Waals surface area contributed by atoms with E-state index in [1.165, 1.54) is 25.7 Å². The smallest absolute Gasteiger partial charge is 0.243 e. The number of amides is 1. The van der Waals surface area contributed by atoms with Gasteiger partial charge in [0, 0.05) is 26.2 Å². The summed E-state index contributed by atoms with van der Waals surface area (Å²) in [6.07, 6.45) is 5.96. The summed E-state index contributed by atoms with van der Waals surface area (Å²) in [6.45, 7) is 9.13. The van der Waals surface area contributed by atoms with Crippen LogP contribution in [0, 0.1) is 11.8 Å². The van der Waals surface area contributed by atoms with Crippen molar-refractivity contribution in [3.63, 3.8) is 0 Å². The molecule has 1 atom stereocenters. The van der Waals surface area contributed by atoms with Gasteiger partial charge in [-0.3, -0.25) is 4.79 Å². The van der Waals surface area contributed by atoms with E-state index < -0.39 is 0 Å². The lowest BCUT2D eigenvalue weighted by Gasteiger charge is -2.32. The van der Waals surface area contributed by atoms with Gasteiger partial charge in [0.25, 0.3) is 0 Å². The van der Waals surface area contributed by atoms with Crippen molar-refractivity contribution in [1.29, 1.82) is 0 Å². The third kappa shape index (κ3) is 8.53. The van der Waals surface area contributed by atoms with E-state index in [4.69, 9.17) is 0 Å². The lowest BCUT2D eigenvalue weighted by molar-refractivity contribution is -0.127. The van der Waals surface area contributed by atoms with Crippen LogP contribution in [0.5, 0.6) is 0 Å². The van der Waals surface area contributed by atoms with E-state index in [1.807, 2.05) is 0 Å². The number of nitrogens with zero attached hydrogens (tertiary/aromatic N) is 2. The number of rotatable bonds is 6. The molecule has 1 unspecified atom stereocenters. The topological polar surface area (TPSA) is 56.7 Å². The molecule has 1 aliphatic carbocycles. The predicted molar refractivity (Wildman–Crippen MR) is 113 cm³/mol. The van der Waals surface area contributed by atoms with Gasteiger partial charge >= 0.3 is 0 Å². The molecule has 24 heavy (non-hydrogen) atoms. The summed E-state index contributed by atoms with van der Waals surface area (Å²) in [5.41, 5.74) is 0. The fraction of sp³-hybridized carbons (Fsp3) is 0.889. The molecule has 5 nitrogen and oxygen atoms in total. The second kappa shape index (κ2) is 11.9. The maximum atomic E-state index is 11.8. The molecule has 0 radical (unpaired) electrons. The quantitative estimate of drug-likeness (QED) is 0.370. The Hall–Kier alpha value is -0.530. The van der Waals surface area contributed by atoms with E-state index in [2.05, 4.69) is 43.3 Å². The number of likely N-dealkylation sites (N-methyl/N-ethyl adjacent to an activating group) is 1. The largest absolute Gasteiger partial charge is 0.354 e. The number of hydrogen-bond acceptors (Lipinski definition) is 2. The first-order chi connectivity index (χ1) is 10.8. The van der Waals surface area contributed by atoms with Crippen LogP contribution in [-0.4, -0.2) is 49.5 Å². The van der Waals surface area contributed by atoms with Gasteiger partial charge in [-0.05, 0) is 50.9 Å². The van der Waals surface area contributed by atoms with Crippen LogP contribution >= 0.6 is 24.0 Å². The highest BCUT2D eigenvalue weighted by Gasteiger charge is 2.24. The van der Waals surface area contributed by atoms with Crippen molar-refractivity contribution in [3.05, 3.63) is 0 Å². The minimum atomic E-state index is 0. The van der Waals surface area contributed by atoms with E-state index in [-0.39, 0.29) is 36.4 Å². The third-order valence-electron chi connectivity index (χ3n) is 4.92. The first kappa shape index (κ1) is 23.5. The molecule has 6 heteroatoms. The van der Waals surface area contributed by atoms with Crippen molar-refractivity contribution in [2.24, 2.45) is 16.8 Å². The monoisotopic (exact) mass is 452 g/mol. The van der Waals surface area contributed by atoms with Crippen LogP contribution in [0.25, 0.3) is 0 Å². The molecule has 0 bridgehead atoms. The normalized spacial score (nSPS) is 22.5. The summed E-state index contributed by atoms with van der Waals surface area (Å²) < 4.78 is 0. The molecule has 0 heterocycles. The van der Waals surface area contributed by atoms with Gasteiger partial charge in [-0.25, -0.2) is 4.99 Å². The van der Waals surface area contributed by atoms with Gasteiger partial charge in [0.05, 0.1) is 0 Å². The standard InChI is InChI=1S/C18H36N4O.HI/c1-7-14(4)20-18(19-12-17(23)22(5)6)21-16-10-8-15(9-11-16)13(2)3;/h13-16H,7-12H2,1-6H3,(H2,19,20,21);1H. The van der Waals surface area contributed by atoms with Crippen LogP contribution in [0.4, 0.5) is 0 Å². The molecule has 142 valence electrons. The van der Waals surface area contributed by atoms with Crippen molar-refractivity contribution in [2.45, 2.75) is 71.9 Å². The van der Waals surface area contributed by atoms with E-state index in [9.17, 15) is 4.79 Å². The average Bonchev–Trinajstić information content (AvgIpc) is 2.52. The zero-order chi connectivity index (χ0) is 17.4. The number of nitrogens with one attached hydrogen (secondary N) is 2. The first-order valence-corrected chi connectivity index (χ1v) is 9.11. The Morgan fingerprint density at radius 1 is 1.17 bits per heavy atom. The highest BCUT2D eigenvalue weighted by Crippen LogP contribution is 2.29. The van der Waals surface area contributed by atoms with E-state index in [1.54, 1.807) is 19.0 Å². The van der Waals surface area contributed by atoms with Crippen LogP contribution in [0.2, 0.25) is 0 Å². The fourth-order valence-electron chi connectivity index (χ4n) is 2.88. The van der Waals surface area contributed by atoms with Crippen molar-refractivity contribution in [1.82, 2.24) is 15.5 Å². The van der Waals surface area contributed by atoms with E-state index in [0.717, 1.165) is 24.2 Å². The Balaban J connectivity index is 0.00000529. The molecule has 1 saturated carbocycles. The Bertz CT molecular complexity index is 390. The van der Waals surface area contributed by atoms with Gasteiger partial charge in [-0.15, -0.1) is 24.0 Å². The summed E-state index contributed by atoms with van der Waals surface area (Å²) in [7, 11) is 3.53. The maximum absolute atomic E-state index is 11.8. The molecule has 0 spiro atoms. The molecule has 1 amide bonds. The van der Waals surface area contributed by atoms with Gasteiger partial charge in [-0.2, -0.15) is 0 Å². The molecule has 0 aromatic rings. The van der Waals surface area contributed by atoms with Crippen molar-refractivity contribution < 1.29 is 4.79 Å². The molecule has 0 aromatic heterocycles. The Morgan fingerprint density at radius 2 is 1.75 bits per heavy atom. The van der Waals surface area contributed by atoms with Crippen molar-refractivity contribution in [3.8, 4) is 0 Å². The van der Waals surface area contributed by atoms with Crippen LogP contribution in [0.1, 0.15) is 59.8 Å². The molecule has 0 aliphatic heterocycles. The summed E-state index contributed by atoms with van der Waals surface area (Å²) in [5.74, 6) is 2.44. The summed E-state index contributed by atoms with van der Waals surface area (Å²) in [4.78, 5) is 17.8. The van der Waals surface area contributed by atoms with Crippen LogP contribution in [-0.2, 0) is 4.79 Å². The molecular weight excluding hydrogens is 415 g/mol. The number of aliphatic imine (C=N–C) groups is 1. The zero-order valence-corrected chi connectivity index (χ0v) is 18.6. The van der Waals surface area contributed by atoms with Gasteiger partial charge in [0.2, 0.25) is 5.91 Å². The number of guanidine groups is 1. The third-order valence-corrected chi connectivity index (χ3v) is 4.92. The molecule has 1 rings (SSSR count). The van der Waals surface area contributed by atoms with Gasteiger partial charge in [-0.1, -0.05) is 20.8 Å². The minimum Gasteiger partial charge on any atom is -0.354 e. The number of carbonyl (C=O) groups excluding carboxylic acids is 1. The van der Waals surface area contributed by atoms with Crippen LogP contribution in [0.3, 0.4) is 0 Å². The van der Waals surface area contributed by atoms with Gasteiger partial charge < -0.3 is 15.5 Å². The second-order valence-corrected chi connectivity index (χ2v) is 7.41. The average molecular weight is 452 g/mol. The summed E-state index contributed by atoms with van der Waals surface area (Å²) >= 11 is 0. The molecule has 2 N–H and O–H groups in total. The molecule has 0 saturated heterocycles. The lowest BCUT2D eigenvalue weighted by Crippen LogP contribution is -2.48. The molecular formula is C18H37IN4O. The van der Waals surface area contributed by atoms with E-state index >= 15 is 0 Å². The Morgan fingerprint density at radius 3 is 2.21 bits per heavy atom. The van der Waals surface area contributed by atoms with Crippen molar-refractivity contribution >= 4 is 35.8 Å². The molecule has 0 aromatic carbocycles. The highest BCUT2D eigenvalue weighted by atomic mass is 127. The van der Waals surface area contributed by atoms with Gasteiger partial charge in [0.15, 0.2) is 5.96 Å². The highest BCUT2D eigenvalue weighted by molar-refractivity contribution is 14.0. The number of carbonyl (C=O) groups is 1. The predicted octanol–water partition coefficient (Wildman–Crippen LogP) is 3.24. The second-order valence-electron chi connectivity index (χ2n) is 7.41. The lowest BCUT2D eigenvalue weighted by atomic mass is 9.80. The molecule has 1 fully saturated rings. The fourth-order valence-corrected chi connectivity index (χ4v) is 2.88. The summed E-state index contributed by atoms with van der Waals surface area (Å²) in [6, 6.07) is 0.817. The Labute approximate surface area is 165 Å². The summed E-state index contributed by atoms with van der Waals surface area (Å²) in [5, 5.41) is 6.95. The zero-order valence-electron chi connectivity index (χ0n) is 16.3. The van der Waals surface area contributed by atoms with Crippen LogP contribution < -0.4 is 10.6 Å². The molecule has 1 aliphatic rings. The SMILES string of the molecule is CCC(C)NC(=NCC(=O)N(C)C)NC1CCC(C(C)C)CC1.I. The number of hydrogen-bond donors (Lipinski definition) is 2. The first-order valence-electron chi connectivity index (χ1n) is 9.11. The van der Waals surface area contributed by atoms with Crippen LogP contribution in [0.15, 0.2) is 4.99 Å². The number of halogens is 1. The Kier molecular flexibility index (Phi) is 11.7. The van der Waals surface area contributed by atoms with E-state index in [0.29, 0.717) is 12.1 Å². The van der Waals surface area contributed by atoms with Gasteiger partial charge in [0.1, 0.15) is 6.54 Å².